The molecule has 0 bridgehead atoms. The quantitative estimate of drug-likeness (QED) is 0.121. The summed E-state index contributed by atoms with van der Waals surface area (Å²) in [5, 5.41) is 0. The van der Waals surface area contributed by atoms with Crippen LogP contribution < -0.4 is 19.6 Å². The lowest BCUT2D eigenvalue weighted by molar-refractivity contribution is 1.04. The third kappa shape index (κ3) is 7.56. The topological polar surface area (TPSA) is 64.5 Å². The standard InChI is InChI=1S/C54H40N8/c1-9-25-41(26-10-1)59(42-27-11-2-12-28-42)51-49-50(56-53(57-51)61(45-33-17-5-18-34-45)46-35-19-6-20-36-46)52(60(43-29-13-3-14-30-43)44-31-15-4-16-32-44)58-54(55-49)62(47-37-21-7-22-38-47)48-39-23-8-24-40-48/h1-40H. The zero-order valence-electron chi connectivity index (χ0n) is 33.7. The Kier molecular flexibility index (Phi) is 10.5. The fourth-order valence-corrected chi connectivity index (χ4v) is 7.64. The van der Waals surface area contributed by atoms with Gasteiger partial charge in [-0.3, -0.25) is 19.6 Å². The van der Waals surface area contributed by atoms with Gasteiger partial charge in [0.25, 0.3) is 0 Å². The van der Waals surface area contributed by atoms with Crippen LogP contribution >= 0.6 is 0 Å². The van der Waals surface area contributed by atoms with Crippen molar-refractivity contribution >= 4 is 80.1 Å². The van der Waals surface area contributed by atoms with Crippen LogP contribution in [0.5, 0.6) is 0 Å². The Morgan fingerprint density at radius 1 is 0.194 bits per heavy atom. The van der Waals surface area contributed by atoms with E-state index in [-0.39, 0.29) is 0 Å². The molecule has 8 heteroatoms. The van der Waals surface area contributed by atoms with Crippen LogP contribution in [0.4, 0.5) is 69.0 Å². The van der Waals surface area contributed by atoms with Gasteiger partial charge < -0.3 is 0 Å². The van der Waals surface area contributed by atoms with Gasteiger partial charge in [0.1, 0.15) is 11.0 Å². The smallest absolute Gasteiger partial charge is 0.237 e. The van der Waals surface area contributed by atoms with Crippen LogP contribution in [-0.4, -0.2) is 19.9 Å². The van der Waals surface area contributed by atoms with E-state index < -0.39 is 0 Å². The molecule has 8 aromatic carbocycles. The molecular formula is C54H40N8. The van der Waals surface area contributed by atoms with Crippen molar-refractivity contribution in [3.63, 3.8) is 0 Å². The zero-order valence-corrected chi connectivity index (χ0v) is 33.7. The molecule has 10 rings (SSSR count). The van der Waals surface area contributed by atoms with Crippen molar-refractivity contribution < 1.29 is 0 Å². The van der Waals surface area contributed by atoms with Crippen LogP contribution in [0.3, 0.4) is 0 Å². The summed E-state index contributed by atoms with van der Waals surface area (Å²) in [6.07, 6.45) is 0. The van der Waals surface area contributed by atoms with E-state index in [2.05, 4.69) is 117 Å². The van der Waals surface area contributed by atoms with Crippen molar-refractivity contribution in [2.45, 2.75) is 0 Å². The van der Waals surface area contributed by atoms with Crippen LogP contribution in [0.15, 0.2) is 243 Å². The lowest BCUT2D eigenvalue weighted by Gasteiger charge is -2.31. The van der Waals surface area contributed by atoms with E-state index in [4.69, 9.17) is 19.9 Å². The van der Waals surface area contributed by atoms with Crippen LogP contribution in [-0.2, 0) is 0 Å². The second-order valence-electron chi connectivity index (χ2n) is 14.4. The molecule has 2 aromatic heterocycles. The van der Waals surface area contributed by atoms with E-state index in [1.54, 1.807) is 0 Å². The summed E-state index contributed by atoms with van der Waals surface area (Å²) in [5.74, 6) is 2.05. The van der Waals surface area contributed by atoms with Gasteiger partial charge in [0.15, 0.2) is 11.6 Å². The molecule has 0 saturated heterocycles. The molecule has 62 heavy (non-hydrogen) atoms. The number of hydrogen-bond acceptors (Lipinski definition) is 8. The third-order valence-corrected chi connectivity index (χ3v) is 10.4. The molecule has 0 atom stereocenters. The Labute approximate surface area is 360 Å². The molecule has 0 saturated carbocycles. The summed E-state index contributed by atoms with van der Waals surface area (Å²) in [6.45, 7) is 0. The van der Waals surface area contributed by atoms with Crippen molar-refractivity contribution in [1.82, 2.24) is 19.9 Å². The highest BCUT2D eigenvalue weighted by molar-refractivity contribution is 6.02. The first-order valence-electron chi connectivity index (χ1n) is 20.5. The van der Waals surface area contributed by atoms with Gasteiger partial charge in [0, 0.05) is 45.5 Å². The van der Waals surface area contributed by atoms with Gasteiger partial charge in [-0.1, -0.05) is 146 Å². The molecule has 2 heterocycles. The van der Waals surface area contributed by atoms with Gasteiger partial charge in [-0.05, 0) is 97.1 Å². The van der Waals surface area contributed by atoms with Crippen LogP contribution in [0.25, 0.3) is 11.0 Å². The average Bonchev–Trinajstić information content (AvgIpc) is 3.35. The number of aromatic nitrogens is 4. The lowest BCUT2D eigenvalue weighted by atomic mass is 10.2. The van der Waals surface area contributed by atoms with Crippen molar-refractivity contribution in [3.05, 3.63) is 243 Å². The maximum atomic E-state index is 5.61. The van der Waals surface area contributed by atoms with Gasteiger partial charge in [-0.25, -0.2) is 9.97 Å². The van der Waals surface area contributed by atoms with Gasteiger partial charge in [0.2, 0.25) is 11.9 Å². The number of rotatable bonds is 12. The van der Waals surface area contributed by atoms with E-state index in [9.17, 15) is 0 Å². The normalized spacial score (nSPS) is 10.9. The first-order chi connectivity index (χ1) is 30.8. The van der Waals surface area contributed by atoms with Gasteiger partial charge >= 0.3 is 0 Å². The van der Waals surface area contributed by atoms with Gasteiger partial charge in [-0.15, -0.1) is 0 Å². The first-order valence-corrected chi connectivity index (χ1v) is 20.5. The minimum atomic E-state index is 0.448. The first kappa shape index (κ1) is 37.6. The minimum Gasteiger partial charge on any atom is -0.293 e. The second-order valence-corrected chi connectivity index (χ2v) is 14.4. The summed E-state index contributed by atoms with van der Waals surface area (Å²) in [5.41, 5.74) is 8.33. The minimum absolute atomic E-state index is 0.448. The highest BCUT2D eigenvalue weighted by Gasteiger charge is 2.30. The summed E-state index contributed by atoms with van der Waals surface area (Å²) >= 11 is 0. The number of fused-ring (bicyclic) bond motifs is 1. The van der Waals surface area contributed by atoms with Crippen molar-refractivity contribution in [2.24, 2.45) is 0 Å². The van der Waals surface area contributed by atoms with E-state index >= 15 is 0 Å². The van der Waals surface area contributed by atoms with Crippen molar-refractivity contribution in [1.29, 1.82) is 0 Å². The Morgan fingerprint density at radius 3 is 0.565 bits per heavy atom. The molecule has 0 spiro atoms. The van der Waals surface area contributed by atoms with E-state index in [0.29, 0.717) is 34.6 Å². The third-order valence-electron chi connectivity index (χ3n) is 10.4. The Hall–Kier alpha value is -8.62. The highest BCUT2D eigenvalue weighted by Crippen LogP contribution is 2.46. The number of anilines is 12. The van der Waals surface area contributed by atoms with Crippen molar-refractivity contribution in [3.8, 4) is 0 Å². The molecule has 10 aromatic rings. The summed E-state index contributed by atoms with van der Waals surface area (Å²) in [4.78, 5) is 30.9. The van der Waals surface area contributed by atoms with E-state index in [0.717, 1.165) is 45.5 Å². The van der Waals surface area contributed by atoms with E-state index in [1.807, 2.05) is 146 Å². The number of hydrogen-bond donors (Lipinski definition) is 0. The lowest BCUT2D eigenvalue weighted by Crippen LogP contribution is -2.21. The molecule has 0 aliphatic heterocycles. The molecule has 0 aliphatic rings. The number of nitrogens with zero attached hydrogens (tertiary/aromatic N) is 8. The maximum Gasteiger partial charge on any atom is 0.237 e. The molecule has 0 amide bonds. The molecule has 0 aliphatic carbocycles. The fourth-order valence-electron chi connectivity index (χ4n) is 7.64. The predicted octanol–water partition coefficient (Wildman–Crippen LogP) is 14.3. The van der Waals surface area contributed by atoms with Crippen LogP contribution in [0, 0.1) is 0 Å². The fraction of sp³-hybridized carbons (Fsp3) is 0. The number of para-hydroxylation sites is 8. The summed E-state index contributed by atoms with van der Waals surface area (Å²) in [6, 6.07) is 82.1. The molecule has 0 radical (unpaired) electrons. The average molecular weight is 801 g/mol. The predicted molar refractivity (Wildman–Crippen MR) is 254 cm³/mol. The van der Waals surface area contributed by atoms with Crippen LogP contribution in [0.1, 0.15) is 0 Å². The Morgan fingerprint density at radius 2 is 0.371 bits per heavy atom. The summed E-state index contributed by atoms with van der Waals surface area (Å²) < 4.78 is 0. The number of benzene rings is 8. The molecular weight excluding hydrogens is 761 g/mol. The Balaban J connectivity index is 1.38. The molecule has 0 unspecified atom stereocenters. The second kappa shape index (κ2) is 17.3. The van der Waals surface area contributed by atoms with Gasteiger partial charge in [0.05, 0.1) is 0 Å². The monoisotopic (exact) mass is 800 g/mol. The molecule has 0 fully saturated rings. The van der Waals surface area contributed by atoms with Crippen LogP contribution in [0.2, 0.25) is 0 Å². The highest BCUT2D eigenvalue weighted by atomic mass is 15.3. The Bertz CT molecular complexity index is 2630. The molecule has 0 N–H and O–H groups in total. The SMILES string of the molecule is c1ccc(N(c2ccccc2)c2nc(N(c3ccccc3)c3ccccc3)c3nc(N(c4ccccc4)c4ccccc4)nc(N(c4ccccc4)c4ccccc4)c3n2)cc1. The zero-order chi connectivity index (χ0) is 41.5. The van der Waals surface area contributed by atoms with Crippen molar-refractivity contribution in [2.75, 3.05) is 19.6 Å². The summed E-state index contributed by atoms with van der Waals surface area (Å²) in [7, 11) is 0. The van der Waals surface area contributed by atoms with Gasteiger partial charge in [-0.2, -0.15) is 9.97 Å². The molecule has 296 valence electrons. The largest absolute Gasteiger partial charge is 0.293 e. The maximum absolute atomic E-state index is 5.61. The van der Waals surface area contributed by atoms with E-state index in [1.165, 1.54) is 0 Å². The molecule has 8 nitrogen and oxygen atoms in total.